The average Bonchev–Trinajstić information content (AvgIpc) is 2.39. The van der Waals surface area contributed by atoms with E-state index in [1.165, 1.54) is 0 Å². The summed E-state index contributed by atoms with van der Waals surface area (Å²) in [5, 5.41) is 9.19. The lowest BCUT2D eigenvalue weighted by molar-refractivity contribution is 0.907. The number of anilines is 2. The molecule has 0 saturated carbocycles. The number of hydrogen-bond donors (Lipinski definition) is 0. The first kappa shape index (κ1) is 13.3. The molecule has 0 aliphatic carbocycles. The van der Waals surface area contributed by atoms with Crippen molar-refractivity contribution in [3.63, 3.8) is 0 Å². The van der Waals surface area contributed by atoms with Crippen LogP contribution >= 0.6 is 11.6 Å². The second-order valence-electron chi connectivity index (χ2n) is 3.99. The van der Waals surface area contributed by atoms with Gasteiger partial charge in [-0.2, -0.15) is 5.26 Å². The van der Waals surface area contributed by atoms with Gasteiger partial charge in [-0.15, -0.1) is 0 Å². The van der Waals surface area contributed by atoms with Crippen LogP contribution in [0.5, 0.6) is 0 Å². The summed E-state index contributed by atoms with van der Waals surface area (Å²) in [6, 6.07) is 13.7. The smallest absolute Gasteiger partial charge is 0.138 e. The molecule has 0 bridgehead atoms. The molecule has 0 amide bonds. The molecule has 0 saturated heterocycles. The summed E-state index contributed by atoms with van der Waals surface area (Å²) in [6.07, 6.45) is 0.412. The average molecular weight is 273 g/mol. The van der Waals surface area contributed by atoms with Crippen LogP contribution in [0.2, 0.25) is 5.15 Å². The molecule has 4 nitrogen and oxygen atoms in total. The third-order valence-electron chi connectivity index (χ3n) is 2.58. The Morgan fingerprint density at radius 3 is 2.63 bits per heavy atom. The summed E-state index contributed by atoms with van der Waals surface area (Å²) in [4.78, 5) is 10.4. The highest BCUT2D eigenvalue weighted by atomic mass is 35.5. The van der Waals surface area contributed by atoms with E-state index in [4.69, 9.17) is 16.9 Å². The van der Waals surface area contributed by atoms with Crippen LogP contribution in [0.15, 0.2) is 36.4 Å². The van der Waals surface area contributed by atoms with Crippen molar-refractivity contribution in [2.45, 2.75) is 13.3 Å². The molecule has 2 rings (SSSR count). The van der Waals surface area contributed by atoms with Crippen molar-refractivity contribution >= 4 is 23.1 Å². The van der Waals surface area contributed by atoms with E-state index in [-0.39, 0.29) is 0 Å². The highest BCUT2D eigenvalue weighted by Crippen LogP contribution is 2.25. The second kappa shape index (κ2) is 6.17. The molecular formula is C14H13ClN4. The summed E-state index contributed by atoms with van der Waals surface area (Å²) in [5.41, 5.74) is 0.979. The van der Waals surface area contributed by atoms with Crippen LogP contribution in [0, 0.1) is 18.3 Å². The number of aryl methyl sites for hydroxylation is 1. The fourth-order valence-corrected chi connectivity index (χ4v) is 2.02. The third-order valence-corrected chi connectivity index (χ3v) is 2.78. The standard InChI is InChI=1S/C14H13ClN4/c1-11-17-13(15)10-14(18-11)19(9-5-8-16)12-6-3-2-4-7-12/h2-4,6-7,10H,5,9H2,1H3. The molecule has 0 aliphatic heterocycles. The van der Waals surface area contributed by atoms with E-state index in [1.54, 1.807) is 13.0 Å². The number of benzene rings is 1. The maximum atomic E-state index is 8.78. The van der Waals surface area contributed by atoms with E-state index in [2.05, 4.69) is 16.0 Å². The molecule has 0 radical (unpaired) electrons. The van der Waals surface area contributed by atoms with Crippen molar-refractivity contribution in [3.05, 3.63) is 47.4 Å². The zero-order valence-electron chi connectivity index (χ0n) is 10.5. The molecule has 5 heteroatoms. The minimum atomic E-state index is 0.403. The summed E-state index contributed by atoms with van der Waals surface area (Å²) in [7, 11) is 0. The zero-order valence-corrected chi connectivity index (χ0v) is 11.3. The van der Waals surface area contributed by atoms with Gasteiger partial charge in [-0.25, -0.2) is 9.97 Å². The molecule has 0 N–H and O–H groups in total. The van der Waals surface area contributed by atoms with Crippen molar-refractivity contribution in [2.24, 2.45) is 0 Å². The number of aromatic nitrogens is 2. The Morgan fingerprint density at radius 1 is 1.26 bits per heavy atom. The lowest BCUT2D eigenvalue weighted by Gasteiger charge is -2.23. The molecule has 0 aliphatic rings. The van der Waals surface area contributed by atoms with Crippen molar-refractivity contribution in [1.82, 2.24) is 9.97 Å². The van der Waals surface area contributed by atoms with Crippen molar-refractivity contribution in [2.75, 3.05) is 11.4 Å². The Hall–Kier alpha value is -2.12. The van der Waals surface area contributed by atoms with Crippen molar-refractivity contribution in [1.29, 1.82) is 5.26 Å². The van der Waals surface area contributed by atoms with Crippen LogP contribution in [0.4, 0.5) is 11.5 Å². The largest absolute Gasteiger partial charge is 0.325 e. The van der Waals surface area contributed by atoms with E-state index in [9.17, 15) is 0 Å². The second-order valence-corrected chi connectivity index (χ2v) is 4.38. The Kier molecular flexibility index (Phi) is 4.32. The first-order valence-electron chi connectivity index (χ1n) is 5.91. The Labute approximate surface area is 117 Å². The number of halogens is 1. The van der Waals surface area contributed by atoms with Crippen LogP contribution in [0.1, 0.15) is 12.2 Å². The van der Waals surface area contributed by atoms with E-state index in [1.807, 2.05) is 35.2 Å². The van der Waals surface area contributed by atoms with Gasteiger partial charge in [0.15, 0.2) is 0 Å². The quantitative estimate of drug-likeness (QED) is 0.800. The lowest BCUT2D eigenvalue weighted by Crippen LogP contribution is -2.19. The van der Waals surface area contributed by atoms with Crippen LogP contribution in [-0.4, -0.2) is 16.5 Å². The summed E-state index contributed by atoms with van der Waals surface area (Å²) < 4.78 is 0. The van der Waals surface area contributed by atoms with Crippen LogP contribution in [-0.2, 0) is 0 Å². The first-order chi connectivity index (χ1) is 9.20. The van der Waals surface area contributed by atoms with Crippen LogP contribution in [0.25, 0.3) is 0 Å². The summed E-state index contributed by atoms with van der Waals surface area (Å²) in [6.45, 7) is 2.36. The van der Waals surface area contributed by atoms with E-state index < -0.39 is 0 Å². The number of nitrogens with zero attached hydrogens (tertiary/aromatic N) is 4. The maximum absolute atomic E-state index is 8.78. The normalized spacial score (nSPS) is 9.95. The van der Waals surface area contributed by atoms with Crippen molar-refractivity contribution in [3.8, 4) is 6.07 Å². The number of rotatable bonds is 4. The molecule has 0 unspecified atom stereocenters. The van der Waals surface area contributed by atoms with E-state index in [0.717, 1.165) is 5.69 Å². The minimum absolute atomic E-state index is 0.403. The van der Waals surface area contributed by atoms with Gasteiger partial charge in [0.25, 0.3) is 0 Å². The molecule has 1 aromatic carbocycles. The molecule has 96 valence electrons. The van der Waals surface area contributed by atoms with Gasteiger partial charge in [0.05, 0.1) is 12.5 Å². The number of para-hydroxylation sites is 1. The SMILES string of the molecule is Cc1nc(Cl)cc(N(CCC#N)c2ccccc2)n1. The Balaban J connectivity index is 2.40. The predicted molar refractivity (Wildman–Crippen MR) is 75.5 cm³/mol. The first-order valence-corrected chi connectivity index (χ1v) is 6.29. The van der Waals surface area contributed by atoms with Gasteiger partial charge in [0.1, 0.15) is 16.8 Å². The fraction of sp³-hybridized carbons (Fsp3) is 0.214. The summed E-state index contributed by atoms with van der Waals surface area (Å²) >= 11 is 5.97. The molecule has 2 aromatic rings. The predicted octanol–water partition coefficient (Wildman–Crippen LogP) is 3.49. The van der Waals surface area contributed by atoms with Gasteiger partial charge in [-0.05, 0) is 19.1 Å². The van der Waals surface area contributed by atoms with E-state index in [0.29, 0.717) is 29.8 Å². The van der Waals surface area contributed by atoms with Gasteiger partial charge in [-0.1, -0.05) is 29.8 Å². The molecule has 1 heterocycles. The molecule has 1 aromatic heterocycles. The molecule has 0 spiro atoms. The topological polar surface area (TPSA) is 52.8 Å². The molecule has 19 heavy (non-hydrogen) atoms. The minimum Gasteiger partial charge on any atom is -0.325 e. The monoisotopic (exact) mass is 272 g/mol. The zero-order chi connectivity index (χ0) is 13.7. The van der Waals surface area contributed by atoms with Crippen LogP contribution < -0.4 is 4.90 Å². The van der Waals surface area contributed by atoms with Crippen LogP contribution in [0.3, 0.4) is 0 Å². The fourth-order valence-electron chi connectivity index (χ4n) is 1.80. The number of nitriles is 1. The third kappa shape index (κ3) is 3.43. The van der Waals surface area contributed by atoms with Gasteiger partial charge in [-0.3, -0.25) is 0 Å². The van der Waals surface area contributed by atoms with Gasteiger partial charge < -0.3 is 4.90 Å². The number of hydrogen-bond acceptors (Lipinski definition) is 4. The molecule has 0 atom stereocenters. The van der Waals surface area contributed by atoms with Gasteiger partial charge in [0, 0.05) is 18.3 Å². The lowest BCUT2D eigenvalue weighted by atomic mass is 10.2. The maximum Gasteiger partial charge on any atom is 0.138 e. The molecular weight excluding hydrogens is 260 g/mol. The van der Waals surface area contributed by atoms with Crippen molar-refractivity contribution < 1.29 is 0 Å². The molecule has 0 fully saturated rings. The highest BCUT2D eigenvalue weighted by molar-refractivity contribution is 6.29. The van der Waals surface area contributed by atoms with E-state index >= 15 is 0 Å². The Morgan fingerprint density at radius 2 is 2.00 bits per heavy atom. The van der Waals surface area contributed by atoms with Gasteiger partial charge in [0.2, 0.25) is 0 Å². The Bertz CT molecular complexity index is 572. The van der Waals surface area contributed by atoms with Gasteiger partial charge >= 0.3 is 0 Å². The summed E-state index contributed by atoms with van der Waals surface area (Å²) in [5.74, 6) is 1.32. The highest BCUT2D eigenvalue weighted by Gasteiger charge is 2.11.